The second-order valence-corrected chi connectivity index (χ2v) is 2.58. The summed E-state index contributed by atoms with van der Waals surface area (Å²) in [5.41, 5.74) is 1.11. The van der Waals surface area contributed by atoms with Crippen molar-refractivity contribution in [3.8, 4) is 6.07 Å². The average molecular weight is 158 g/mol. The summed E-state index contributed by atoms with van der Waals surface area (Å²) in [6.45, 7) is 1.87. The zero-order valence-electron chi connectivity index (χ0n) is 6.53. The second kappa shape index (κ2) is 2.35. The van der Waals surface area contributed by atoms with E-state index in [1.54, 1.807) is 12.3 Å². The molecule has 0 atom stereocenters. The Bertz CT molecular complexity index is 465. The average Bonchev–Trinajstić information content (AvgIpc) is 2.43. The fourth-order valence-corrected chi connectivity index (χ4v) is 1.13. The third-order valence-electron chi connectivity index (χ3n) is 1.64. The molecule has 0 N–H and O–H groups in total. The van der Waals surface area contributed by atoms with Crippen molar-refractivity contribution < 1.29 is 4.42 Å². The van der Waals surface area contributed by atoms with E-state index in [1.807, 2.05) is 19.1 Å². The van der Waals surface area contributed by atoms with Crippen molar-refractivity contribution in [1.82, 2.24) is 4.98 Å². The molecule has 58 valence electrons. The first-order chi connectivity index (χ1) is 5.79. The van der Waals surface area contributed by atoms with E-state index in [-0.39, 0.29) is 0 Å². The zero-order chi connectivity index (χ0) is 8.55. The van der Waals surface area contributed by atoms with Gasteiger partial charge in [0.05, 0.1) is 0 Å². The van der Waals surface area contributed by atoms with Crippen molar-refractivity contribution >= 4 is 11.0 Å². The van der Waals surface area contributed by atoms with Gasteiger partial charge in [-0.2, -0.15) is 5.26 Å². The molecule has 0 fully saturated rings. The highest BCUT2D eigenvalue weighted by molar-refractivity contribution is 5.77. The maximum absolute atomic E-state index is 8.55. The van der Waals surface area contributed by atoms with Crippen LogP contribution < -0.4 is 0 Å². The van der Waals surface area contributed by atoms with Crippen molar-refractivity contribution in [2.24, 2.45) is 0 Å². The van der Waals surface area contributed by atoms with Gasteiger partial charge >= 0.3 is 0 Å². The fraction of sp³-hybridized carbons (Fsp3) is 0.111. The smallest absolute Gasteiger partial charge is 0.144 e. The van der Waals surface area contributed by atoms with Crippen LogP contribution in [0.15, 0.2) is 22.7 Å². The predicted octanol–water partition coefficient (Wildman–Crippen LogP) is 2.01. The lowest BCUT2D eigenvalue weighted by Gasteiger charge is -1.86. The Labute approximate surface area is 69.2 Å². The molecular formula is C9H6N2O. The highest BCUT2D eigenvalue weighted by Crippen LogP contribution is 2.17. The molecule has 2 aromatic rings. The molecule has 0 amide bonds. The number of rotatable bonds is 0. The maximum atomic E-state index is 8.55. The van der Waals surface area contributed by atoms with E-state index in [0.717, 1.165) is 16.7 Å². The van der Waals surface area contributed by atoms with Crippen LogP contribution in [-0.2, 0) is 0 Å². The molecule has 2 rings (SSSR count). The van der Waals surface area contributed by atoms with Crippen LogP contribution in [0.5, 0.6) is 0 Å². The maximum Gasteiger partial charge on any atom is 0.144 e. The topological polar surface area (TPSA) is 49.8 Å². The minimum atomic E-state index is 0.386. The molecule has 3 heteroatoms. The molecular weight excluding hydrogens is 152 g/mol. The van der Waals surface area contributed by atoms with Gasteiger partial charge in [0.1, 0.15) is 23.1 Å². The van der Waals surface area contributed by atoms with Crippen molar-refractivity contribution in [1.29, 1.82) is 5.26 Å². The van der Waals surface area contributed by atoms with Crippen LogP contribution in [0.1, 0.15) is 11.5 Å². The van der Waals surface area contributed by atoms with Gasteiger partial charge in [0.2, 0.25) is 0 Å². The Balaban J connectivity index is 2.77. The molecule has 2 aromatic heterocycles. The number of hydrogen-bond donors (Lipinski definition) is 0. The summed E-state index contributed by atoms with van der Waals surface area (Å²) in [6, 6.07) is 5.49. The van der Waals surface area contributed by atoms with Gasteiger partial charge in [0, 0.05) is 17.6 Å². The van der Waals surface area contributed by atoms with E-state index in [9.17, 15) is 0 Å². The van der Waals surface area contributed by atoms with Crippen LogP contribution in [0.25, 0.3) is 11.0 Å². The van der Waals surface area contributed by atoms with Crippen molar-refractivity contribution in [3.63, 3.8) is 0 Å². The summed E-state index contributed by atoms with van der Waals surface area (Å²) in [7, 11) is 0. The number of furan rings is 1. The monoisotopic (exact) mass is 158 g/mol. The van der Waals surface area contributed by atoms with Crippen LogP contribution in [0.3, 0.4) is 0 Å². The number of nitriles is 1. The minimum Gasteiger partial charge on any atom is -0.461 e. The molecule has 12 heavy (non-hydrogen) atoms. The van der Waals surface area contributed by atoms with E-state index < -0.39 is 0 Å². The summed E-state index contributed by atoms with van der Waals surface area (Å²) in [6.07, 6.45) is 1.64. The Morgan fingerprint density at radius 1 is 1.50 bits per heavy atom. The third kappa shape index (κ3) is 0.940. The van der Waals surface area contributed by atoms with Gasteiger partial charge < -0.3 is 4.42 Å². The third-order valence-corrected chi connectivity index (χ3v) is 1.64. The van der Waals surface area contributed by atoms with Crippen LogP contribution in [0.4, 0.5) is 0 Å². The van der Waals surface area contributed by atoms with Gasteiger partial charge in [-0.1, -0.05) is 0 Å². The Morgan fingerprint density at radius 3 is 3.08 bits per heavy atom. The van der Waals surface area contributed by atoms with Crippen molar-refractivity contribution in [2.75, 3.05) is 0 Å². The van der Waals surface area contributed by atoms with E-state index in [1.165, 1.54) is 0 Å². The van der Waals surface area contributed by atoms with Crippen LogP contribution in [-0.4, -0.2) is 4.98 Å². The second-order valence-electron chi connectivity index (χ2n) is 2.58. The van der Waals surface area contributed by atoms with Crippen LogP contribution in [0.2, 0.25) is 0 Å². The molecule has 0 unspecified atom stereocenters. The summed E-state index contributed by atoms with van der Waals surface area (Å²) in [4.78, 5) is 3.92. The molecule has 0 spiro atoms. The van der Waals surface area contributed by atoms with Crippen molar-refractivity contribution in [2.45, 2.75) is 6.92 Å². The Morgan fingerprint density at radius 2 is 2.33 bits per heavy atom. The largest absolute Gasteiger partial charge is 0.461 e. The molecule has 0 aromatic carbocycles. The van der Waals surface area contributed by atoms with Crippen LogP contribution in [0, 0.1) is 18.3 Å². The number of aromatic nitrogens is 1. The number of nitrogens with zero attached hydrogens (tertiary/aromatic N) is 2. The van der Waals surface area contributed by atoms with E-state index in [4.69, 9.17) is 9.68 Å². The van der Waals surface area contributed by atoms with Crippen LogP contribution >= 0.6 is 0 Å². The van der Waals surface area contributed by atoms with Crippen molar-refractivity contribution in [3.05, 3.63) is 29.8 Å². The molecule has 0 saturated heterocycles. The number of fused-ring (bicyclic) bond motifs is 1. The van der Waals surface area contributed by atoms with E-state index in [0.29, 0.717) is 5.69 Å². The quantitative estimate of drug-likeness (QED) is 0.589. The van der Waals surface area contributed by atoms with Gasteiger partial charge in [-0.05, 0) is 13.0 Å². The van der Waals surface area contributed by atoms with Gasteiger partial charge in [0.25, 0.3) is 0 Å². The summed E-state index contributed by atoms with van der Waals surface area (Å²) in [5.74, 6) is 0.835. The number of hydrogen-bond acceptors (Lipinski definition) is 3. The molecule has 0 saturated carbocycles. The van der Waals surface area contributed by atoms with Gasteiger partial charge in [-0.25, -0.2) is 4.98 Å². The SMILES string of the molecule is Cc1cc2cnc(C#N)cc2o1. The van der Waals surface area contributed by atoms with Gasteiger partial charge in [-0.3, -0.25) is 0 Å². The lowest BCUT2D eigenvalue weighted by Crippen LogP contribution is -1.78. The molecule has 0 aliphatic carbocycles. The summed E-state index contributed by atoms with van der Waals surface area (Å²) >= 11 is 0. The molecule has 0 aliphatic rings. The first-order valence-corrected chi connectivity index (χ1v) is 3.56. The predicted molar refractivity (Wildman–Crippen MR) is 43.5 cm³/mol. The van der Waals surface area contributed by atoms with E-state index >= 15 is 0 Å². The standard InChI is InChI=1S/C9H6N2O/c1-6-2-7-5-11-8(4-10)3-9(7)12-6/h2-3,5H,1H3. The highest BCUT2D eigenvalue weighted by Gasteiger charge is 2.01. The summed E-state index contributed by atoms with van der Waals surface area (Å²) in [5, 5.41) is 9.49. The zero-order valence-corrected chi connectivity index (χ0v) is 6.53. The normalized spacial score (nSPS) is 10.0. The van der Waals surface area contributed by atoms with E-state index in [2.05, 4.69) is 4.98 Å². The Hall–Kier alpha value is -1.82. The molecule has 0 aliphatic heterocycles. The highest BCUT2D eigenvalue weighted by atomic mass is 16.3. The molecule has 0 radical (unpaired) electrons. The number of pyridine rings is 1. The number of aryl methyl sites for hydroxylation is 1. The molecule has 2 heterocycles. The minimum absolute atomic E-state index is 0.386. The molecule has 0 bridgehead atoms. The lowest BCUT2D eigenvalue weighted by molar-refractivity contribution is 0.578. The first kappa shape index (κ1) is 6.86. The lowest BCUT2D eigenvalue weighted by atomic mass is 10.3. The summed E-state index contributed by atoms with van der Waals surface area (Å²) < 4.78 is 5.32. The van der Waals surface area contributed by atoms with Gasteiger partial charge in [-0.15, -0.1) is 0 Å². The molecule has 3 nitrogen and oxygen atoms in total. The van der Waals surface area contributed by atoms with Gasteiger partial charge in [0.15, 0.2) is 0 Å². The fourth-order valence-electron chi connectivity index (χ4n) is 1.13. The Kier molecular flexibility index (Phi) is 1.34. The first-order valence-electron chi connectivity index (χ1n) is 3.56.